The number of carbonyl (C=O) groups is 1. The van der Waals surface area contributed by atoms with Crippen molar-refractivity contribution in [1.82, 2.24) is 0 Å². The molecule has 1 amide bonds. The number of carbonyl (C=O) groups excluding carboxylic acids is 1. The molecule has 23 heavy (non-hydrogen) atoms. The number of amides is 1. The molecule has 2 heterocycles. The second kappa shape index (κ2) is 5.97. The minimum atomic E-state index is -2.52. The molecule has 3 N–H and O–H groups in total. The molecule has 0 bridgehead atoms. The van der Waals surface area contributed by atoms with Gasteiger partial charge in [0.05, 0.1) is 17.9 Å². The Bertz CT molecular complexity index is 711. The molecule has 1 aromatic rings. The summed E-state index contributed by atoms with van der Waals surface area (Å²) >= 11 is 0. The Kier molecular flexibility index (Phi) is 4.15. The quantitative estimate of drug-likeness (QED) is 0.853. The molecule has 3 rings (SSSR count). The lowest BCUT2D eigenvalue weighted by molar-refractivity contribution is 0.145. The van der Waals surface area contributed by atoms with Gasteiger partial charge in [-0.25, -0.2) is 13.4 Å². The molecule has 1 aromatic carbocycles. The lowest BCUT2D eigenvalue weighted by atomic mass is 10.2. The average molecular weight is 342 g/mol. The van der Waals surface area contributed by atoms with E-state index in [-0.39, 0.29) is 24.2 Å². The number of hydrogen-bond donors (Lipinski definition) is 2. The Morgan fingerprint density at radius 3 is 2.65 bits per heavy atom. The van der Waals surface area contributed by atoms with Gasteiger partial charge in [-0.3, -0.25) is 9.68 Å². The molecule has 7 nitrogen and oxygen atoms in total. The van der Waals surface area contributed by atoms with Crippen molar-refractivity contribution in [3.8, 4) is 0 Å². The van der Waals surface area contributed by atoms with Gasteiger partial charge < -0.3 is 15.4 Å². The summed E-state index contributed by atoms with van der Waals surface area (Å²) in [5.41, 5.74) is 6.31. The van der Waals surface area contributed by atoms with E-state index in [4.69, 9.17) is 15.3 Å². The van der Waals surface area contributed by atoms with Crippen LogP contribution in [0.4, 0.5) is 20.6 Å². The molecule has 0 aliphatic carbocycles. The van der Waals surface area contributed by atoms with Crippen molar-refractivity contribution in [2.45, 2.75) is 6.10 Å². The first-order chi connectivity index (χ1) is 10.9. The van der Waals surface area contributed by atoms with Crippen LogP contribution in [0.5, 0.6) is 0 Å². The fraction of sp³-hybridized carbons (Fsp3) is 0.500. The third-order valence-electron chi connectivity index (χ3n) is 4.10. The Morgan fingerprint density at radius 2 is 2.09 bits per heavy atom. The van der Waals surface area contributed by atoms with Crippen molar-refractivity contribution < 1.29 is 18.1 Å². The van der Waals surface area contributed by atoms with Gasteiger partial charge in [-0.15, -0.1) is 0 Å². The molecule has 2 saturated heterocycles. The fourth-order valence-corrected chi connectivity index (χ4v) is 3.98. The summed E-state index contributed by atoms with van der Waals surface area (Å²) < 4.78 is 38.7. The molecule has 2 fully saturated rings. The van der Waals surface area contributed by atoms with E-state index in [0.717, 1.165) is 0 Å². The van der Waals surface area contributed by atoms with Crippen molar-refractivity contribution >= 4 is 27.2 Å². The van der Waals surface area contributed by atoms with E-state index in [9.17, 15) is 13.4 Å². The van der Waals surface area contributed by atoms with E-state index in [1.165, 1.54) is 11.0 Å². The van der Waals surface area contributed by atoms with Crippen molar-refractivity contribution in [2.75, 3.05) is 47.5 Å². The van der Waals surface area contributed by atoms with E-state index >= 15 is 0 Å². The first kappa shape index (κ1) is 16.0. The molecule has 1 atom stereocenters. The predicted molar refractivity (Wildman–Crippen MR) is 85.9 cm³/mol. The highest BCUT2D eigenvalue weighted by molar-refractivity contribution is 7.92. The summed E-state index contributed by atoms with van der Waals surface area (Å²) in [6, 6.07) is 4.55. The van der Waals surface area contributed by atoms with Gasteiger partial charge in [0.25, 0.3) is 0 Å². The largest absolute Gasteiger partial charge is 0.443 e. The topological polar surface area (TPSA) is 99.7 Å². The minimum absolute atomic E-state index is 0.225. The third kappa shape index (κ3) is 3.25. The number of nitrogens with zero attached hydrogens (tertiary/aromatic N) is 2. The lowest BCUT2D eigenvalue weighted by Crippen LogP contribution is -2.40. The molecule has 0 aromatic heterocycles. The lowest BCUT2D eigenvalue weighted by Gasteiger charge is -2.30. The number of cyclic esters (lactones) is 1. The van der Waals surface area contributed by atoms with Crippen LogP contribution in [0.2, 0.25) is 0 Å². The normalized spacial score (nSPS) is 23.9. The van der Waals surface area contributed by atoms with Crippen LogP contribution in [0.15, 0.2) is 18.2 Å². The fourth-order valence-electron chi connectivity index (χ4n) is 2.75. The van der Waals surface area contributed by atoms with Crippen LogP contribution in [0, 0.1) is 10.6 Å². The highest BCUT2D eigenvalue weighted by atomic mass is 32.2. The summed E-state index contributed by atoms with van der Waals surface area (Å²) in [4.78, 5) is 14.9. The van der Waals surface area contributed by atoms with Crippen LogP contribution in [-0.4, -0.2) is 54.1 Å². The highest BCUT2D eigenvalue weighted by Gasteiger charge is 2.32. The zero-order valence-corrected chi connectivity index (χ0v) is 13.4. The maximum Gasteiger partial charge on any atom is 0.414 e. The zero-order valence-electron chi connectivity index (χ0n) is 12.5. The third-order valence-corrected chi connectivity index (χ3v) is 5.79. The summed E-state index contributed by atoms with van der Waals surface area (Å²) in [6.45, 7) is 1.31. The van der Waals surface area contributed by atoms with E-state index < -0.39 is 21.6 Å². The van der Waals surface area contributed by atoms with Crippen LogP contribution in [0.3, 0.4) is 0 Å². The number of nitrogens with one attached hydrogen (secondary N) is 1. The van der Waals surface area contributed by atoms with Gasteiger partial charge in [-0.1, -0.05) is 0 Å². The first-order valence-electron chi connectivity index (χ1n) is 7.36. The Balaban J connectivity index is 1.78. The van der Waals surface area contributed by atoms with E-state index in [1.807, 2.05) is 0 Å². The van der Waals surface area contributed by atoms with Gasteiger partial charge in [-0.2, -0.15) is 0 Å². The molecular weight excluding hydrogens is 323 g/mol. The van der Waals surface area contributed by atoms with Gasteiger partial charge in [0.1, 0.15) is 11.9 Å². The number of benzene rings is 1. The smallest absolute Gasteiger partial charge is 0.414 e. The van der Waals surface area contributed by atoms with Gasteiger partial charge in [-0.05, 0) is 18.2 Å². The highest BCUT2D eigenvalue weighted by Crippen LogP contribution is 2.28. The van der Waals surface area contributed by atoms with Crippen LogP contribution in [0.1, 0.15) is 0 Å². The predicted octanol–water partition coefficient (Wildman–Crippen LogP) is 0.976. The van der Waals surface area contributed by atoms with Crippen molar-refractivity contribution in [3.63, 3.8) is 0 Å². The summed E-state index contributed by atoms with van der Waals surface area (Å²) in [6.07, 6.45) is -0.906. The van der Waals surface area contributed by atoms with E-state index in [0.29, 0.717) is 31.0 Å². The monoisotopic (exact) mass is 342 g/mol. The van der Waals surface area contributed by atoms with Crippen LogP contribution in [-0.2, 0) is 14.5 Å². The van der Waals surface area contributed by atoms with E-state index in [1.54, 1.807) is 17.0 Å². The number of hydrogen-bond acceptors (Lipinski definition) is 6. The summed E-state index contributed by atoms with van der Waals surface area (Å²) in [5, 5.41) is 0. The summed E-state index contributed by atoms with van der Waals surface area (Å²) in [7, 11) is -2.52. The van der Waals surface area contributed by atoms with Crippen LogP contribution in [0.25, 0.3) is 0 Å². The zero-order chi connectivity index (χ0) is 16.6. The molecule has 0 saturated carbocycles. The molecule has 0 unspecified atom stereocenters. The summed E-state index contributed by atoms with van der Waals surface area (Å²) in [5.74, 6) is 0.0280. The Labute approximate surface area is 134 Å². The number of rotatable bonds is 3. The molecule has 2 aliphatic heterocycles. The van der Waals surface area contributed by atoms with Gasteiger partial charge in [0, 0.05) is 40.9 Å². The maximum absolute atomic E-state index is 14.4. The number of nitrogens with two attached hydrogens (primary N) is 1. The molecule has 0 radical (unpaired) electrons. The number of anilines is 2. The van der Waals surface area contributed by atoms with Crippen molar-refractivity contribution in [3.05, 3.63) is 24.0 Å². The molecule has 9 heteroatoms. The second-order valence-corrected chi connectivity index (χ2v) is 8.14. The minimum Gasteiger partial charge on any atom is -0.443 e. The first-order valence-corrected chi connectivity index (χ1v) is 9.26. The molecule has 2 aliphatic rings. The maximum atomic E-state index is 14.4. The van der Waals surface area contributed by atoms with Gasteiger partial charge in [0.15, 0.2) is 0 Å². The second-order valence-electron chi connectivity index (χ2n) is 5.69. The Hall–Kier alpha value is -1.87. The number of halogens is 1. The van der Waals surface area contributed by atoms with Gasteiger partial charge in [0.2, 0.25) is 0 Å². The average Bonchev–Trinajstić information content (AvgIpc) is 2.89. The molecular formula is C14H19FN4O3S. The standard InChI is InChI=1S/C14H19FN4O3S/c15-12-7-10(19-9-11(8-16)22-14(19)20)1-2-13(12)18-3-5-23(17,21)6-4-18/h1-2,7,11,17H,3-6,8-9,16H2/t11-/m0/s1. The Morgan fingerprint density at radius 1 is 1.39 bits per heavy atom. The number of ether oxygens (including phenoxy) is 1. The van der Waals surface area contributed by atoms with Crippen molar-refractivity contribution in [1.29, 1.82) is 4.78 Å². The molecule has 0 spiro atoms. The van der Waals surface area contributed by atoms with Gasteiger partial charge >= 0.3 is 6.09 Å². The van der Waals surface area contributed by atoms with E-state index in [2.05, 4.69) is 0 Å². The SMILES string of the molecule is N=S1(=O)CCN(c2ccc(N3C[C@H](CN)OC3=O)cc2F)CC1. The molecule has 126 valence electrons. The van der Waals surface area contributed by atoms with Crippen LogP contribution >= 0.6 is 0 Å². The van der Waals surface area contributed by atoms with Crippen molar-refractivity contribution in [2.24, 2.45) is 5.73 Å². The van der Waals surface area contributed by atoms with Crippen LogP contribution < -0.4 is 15.5 Å².